The van der Waals surface area contributed by atoms with Crippen molar-refractivity contribution in [3.05, 3.63) is 59.2 Å². The highest BCUT2D eigenvalue weighted by Crippen LogP contribution is 2.21. The summed E-state index contributed by atoms with van der Waals surface area (Å²) < 4.78 is 26.2. The number of nitrogens with one attached hydrogen (secondary N) is 1. The van der Waals surface area contributed by atoms with Crippen LogP contribution in [0.15, 0.2) is 36.4 Å². The van der Waals surface area contributed by atoms with E-state index in [0.29, 0.717) is 11.3 Å². The van der Waals surface area contributed by atoms with Crippen LogP contribution in [0.5, 0.6) is 0 Å². The first-order valence-corrected chi connectivity index (χ1v) is 5.60. The van der Waals surface area contributed by atoms with E-state index in [0.717, 1.165) is 17.3 Å². The summed E-state index contributed by atoms with van der Waals surface area (Å²) in [7, 11) is 0. The first-order chi connectivity index (χ1) is 8.56. The van der Waals surface area contributed by atoms with Crippen molar-refractivity contribution >= 4 is 11.4 Å². The lowest BCUT2D eigenvalue weighted by Crippen LogP contribution is -2.04. The van der Waals surface area contributed by atoms with Gasteiger partial charge in [0.05, 0.1) is 11.4 Å². The molecule has 0 aliphatic heterocycles. The van der Waals surface area contributed by atoms with Crippen LogP contribution in [0.1, 0.15) is 11.1 Å². The molecule has 0 aliphatic rings. The molecule has 3 N–H and O–H groups in total. The van der Waals surface area contributed by atoms with E-state index < -0.39 is 11.6 Å². The summed E-state index contributed by atoms with van der Waals surface area (Å²) in [4.78, 5) is 0. The van der Waals surface area contributed by atoms with Gasteiger partial charge in [-0.25, -0.2) is 8.78 Å². The molecule has 0 saturated carbocycles. The summed E-state index contributed by atoms with van der Waals surface area (Å²) in [6, 6.07) is 9.11. The number of hydrogen-bond acceptors (Lipinski definition) is 2. The Bertz CT molecular complexity index is 568. The highest BCUT2D eigenvalue weighted by molar-refractivity contribution is 5.66. The molecule has 0 aliphatic carbocycles. The van der Waals surface area contributed by atoms with Gasteiger partial charge in [0.15, 0.2) is 0 Å². The van der Waals surface area contributed by atoms with E-state index in [4.69, 9.17) is 5.73 Å². The van der Waals surface area contributed by atoms with E-state index in [1.807, 2.05) is 19.1 Å². The Morgan fingerprint density at radius 3 is 2.61 bits per heavy atom. The maximum atomic E-state index is 13.4. The maximum absolute atomic E-state index is 13.4. The Hall–Kier alpha value is -2.10. The molecular weight excluding hydrogens is 234 g/mol. The van der Waals surface area contributed by atoms with E-state index in [-0.39, 0.29) is 6.54 Å². The predicted molar refractivity (Wildman–Crippen MR) is 69.3 cm³/mol. The molecule has 0 atom stereocenters. The lowest BCUT2D eigenvalue weighted by atomic mass is 10.1. The topological polar surface area (TPSA) is 38.0 Å². The second-order valence-electron chi connectivity index (χ2n) is 4.18. The van der Waals surface area contributed by atoms with Crippen molar-refractivity contribution < 1.29 is 8.78 Å². The lowest BCUT2D eigenvalue weighted by molar-refractivity contribution is 0.574. The van der Waals surface area contributed by atoms with Crippen LogP contribution in [-0.4, -0.2) is 0 Å². The van der Waals surface area contributed by atoms with Crippen LogP contribution in [0, 0.1) is 18.6 Å². The summed E-state index contributed by atoms with van der Waals surface area (Å²) >= 11 is 0. The van der Waals surface area contributed by atoms with Gasteiger partial charge in [-0.05, 0) is 30.7 Å². The van der Waals surface area contributed by atoms with Crippen LogP contribution >= 0.6 is 0 Å². The molecule has 2 aromatic carbocycles. The maximum Gasteiger partial charge on any atom is 0.131 e. The van der Waals surface area contributed by atoms with Gasteiger partial charge < -0.3 is 11.1 Å². The lowest BCUT2D eigenvalue weighted by Gasteiger charge is -2.10. The summed E-state index contributed by atoms with van der Waals surface area (Å²) in [5.41, 5.74) is 8.61. The van der Waals surface area contributed by atoms with Crippen LogP contribution in [0.2, 0.25) is 0 Å². The van der Waals surface area contributed by atoms with Gasteiger partial charge in [-0.3, -0.25) is 0 Å². The number of nitrogens with two attached hydrogens (primary N) is 1. The molecule has 0 spiro atoms. The summed E-state index contributed by atoms with van der Waals surface area (Å²) in [6.07, 6.45) is 0. The fourth-order valence-electron chi connectivity index (χ4n) is 1.68. The molecule has 0 fully saturated rings. The Balaban J connectivity index is 2.13. The van der Waals surface area contributed by atoms with E-state index in [1.165, 1.54) is 12.1 Å². The second kappa shape index (κ2) is 5.04. The molecule has 0 heterocycles. The molecule has 0 aromatic heterocycles. The monoisotopic (exact) mass is 248 g/mol. The smallest absolute Gasteiger partial charge is 0.131 e. The zero-order chi connectivity index (χ0) is 13.1. The largest absolute Gasteiger partial charge is 0.397 e. The van der Waals surface area contributed by atoms with Crippen molar-refractivity contribution in [2.45, 2.75) is 13.5 Å². The average Bonchev–Trinajstić information content (AvgIpc) is 2.32. The van der Waals surface area contributed by atoms with E-state index in [1.54, 1.807) is 6.07 Å². The fourth-order valence-corrected chi connectivity index (χ4v) is 1.68. The van der Waals surface area contributed by atoms with Gasteiger partial charge in [0.1, 0.15) is 11.6 Å². The van der Waals surface area contributed by atoms with Crippen molar-refractivity contribution in [2.75, 3.05) is 11.1 Å². The van der Waals surface area contributed by atoms with E-state index >= 15 is 0 Å². The SMILES string of the molecule is Cc1ccc(N)c(NCc2ccc(F)cc2F)c1. The number of nitrogen functional groups attached to an aromatic ring is 1. The minimum absolute atomic E-state index is 0.264. The van der Waals surface area contributed by atoms with E-state index in [2.05, 4.69) is 5.32 Å². The number of halogens is 2. The van der Waals surface area contributed by atoms with Crippen LogP contribution in [0.3, 0.4) is 0 Å². The fraction of sp³-hybridized carbons (Fsp3) is 0.143. The minimum atomic E-state index is -0.577. The molecule has 2 aromatic rings. The average molecular weight is 248 g/mol. The van der Waals surface area contributed by atoms with Gasteiger partial charge >= 0.3 is 0 Å². The Kier molecular flexibility index (Phi) is 3.46. The molecule has 0 amide bonds. The molecular formula is C14H14F2N2. The van der Waals surface area contributed by atoms with Gasteiger partial charge in [0.2, 0.25) is 0 Å². The number of aryl methyl sites for hydroxylation is 1. The normalized spacial score (nSPS) is 10.4. The molecule has 2 rings (SSSR count). The van der Waals surface area contributed by atoms with Crippen molar-refractivity contribution in [3.63, 3.8) is 0 Å². The molecule has 18 heavy (non-hydrogen) atoms. The highest BCUT2D eigenvalue weighted by atomic mass is 19.1. The summed E-state index contributed by atoms with van der Waals surface area (Å²) in [6.45, 7) is 2.21. The third-order valence-corrected chi connectivity index (χ3v) is 2.69. The third-order valence-electron chi connectivity index (χ3n) is 2.69. The zero-order valence-corrected chi connectivity index (χ0v) is 10.0. The van der Waals surface area contributed by atoms with E-state index in [9.17, 15) is 8.78 Å². The molecule has 94 valence electrons. The Labute approximate surface area is 104 Å². The number of anilines is 2. The molecule has 0 bridgehead atoms. The zero-order valence-electron chi connectivity index (χ0n) is 10.0. The third kappa shape index (κ3) is 2.77. The van der Waals surface area contributed by atoms with Crippen LogP contribution in [0.25, 0.3) is 0 Å². The van der Waals surface area contributed by atoms with Crippen molar-refractivity contribution in [2.24, 2.45) is 0 Å². The first kappa shape index (κ1) is 12.4. The standard InChI is InChI=1S/C14H14F2N2/c1-9-2-5-13(17)14(6-9)18-8-10-3-4-11(15)7-12(10)16/h2-7,18H,8,17H2,1H3. The van der Waals surface area contributed by atoms with Crippen molar-refractivity contribution in [1.82, 2.24) is 0 Å². The van der Waals surface area contributed by atoms with Crippen LogP contribution < -0.4 is 11.1 Å². The number of hydrogen-bond donors (Lipinski definition) is 2. The number of rotatable bonds is 3. The first-order valence-electron chi connectivity index (χ1n) is 5.60. The van der Waals surface area contributed by atoms with Crippen molar-refractivity contribution in [3.8, 4) is 0 Å². The minimum Gasteiger partial charge on any atom is -0.397 e. The quantitative estimate of drug-likeness (QED) is 0.816. The Morgan fingerprint density at radius 2 is 1.89 bits per heavy atom. The summed E-state index contributed by atoms with van der Waals surface area (Å²) in [5.74, 6) is -1.14. The van der Waals surface area contributed by atoms with Gasteiger partial charge in [0.25, 0.3) is 0 Å². The predicted octanol–water partition coefficient (Wildman–Crippen LogP) is 3.47. The van der Waals surface area contributed by atoms with Gasteiger partial charge in [0, 0.05) is 18.2 Å². The highest BCUT2D eigenvalue weighted by Gasteiger charge is 2.05. The number of benzene rings is 2. The van der Waals surface area contributed by atoms with Crippen LogP contribution in [-0.2, 0) is 6.54 Å². The summed E-state index contributed by atoms with van der Waals surface area (Å²) in [5, 5.41) is 3.04. The molecule has 4 heteroatoms. The molecule has 2 nitrogen and oxygen atoms in total. The van der Waals surface area contributed by atoms with Crippen molar-refractivity contribution in [1.29, 1.82) is 0 Å². The van der Waals surface area contributed by atoms with Gasteiger partial charge in [-0.1, -0.05) is 12.1 Å². The van der Waals surface area contributed by atoms with Crippen LogP contribution in [0.4, 0.5) is 20.2 Å². The van der Waals surface area contributed by atoms with Gasteiger partial charge in [-0.2, -0.15) is 0 Å². The molecule has 0 radical (unpaired) electrons. The molecule has 0 unspecified atom stereocenters. The van der Waals surface area contributed by atoms with Gasteiger partial charge in [-0.15, -0.1) is 0 Å². The second-order valence-corrected chi connectivity index (χ2v) is 4.18. The molecule has 0 saturated heterocycles. The Morgan fingerprint density at radius 1 is 1.11 bits per heavy atom.